The number of ether oxygens (including phenoxy) is 1. The van der Waals surface area contributed by atoms with E-state index in [9.17, 15) is 4.39 Å². The quantitative estimate of drug-likeness (QED) is 0.907. The second-order valence-corrected chi connectivity index (χ2v) is 5.50. The van der Waals surface area contributed by atoms with Gasteiger partial charge >= 0.3 is 0 Å². The zero-order valence-corrected chi connectivity index (χ0v) is 12.4. The molecule has 0 fully saturated rings. The molecule has 2 nitrogen and oxygen atoms in total. The molecule has 1 heterocycles. The standard InChI is InChI=1S/C18H20FNO/c1-3-20-16-11-18(13-8-9-15(19)12(2)10-13)21-17-7-5-4-6-14(16)17/h4-10,16,18,20H,3,11H2,1-2H3. The highest BCUT2D eigenvalue weighted by molar-refractivity contribution is 5.39. The lowest BCUT2D eigenvalue weighted by Gasteiger charge is -2.33. The molecule has 3 heteroatoms. The van der Waals surface area contributed by atoms with E-state index in [1.54, 1.807) is 6.92 Å². The molecule has 3 rings (SSSR count). The summed E-state index contributed by atoms with van der Waals surface area (Å²) in [4.78, 5) is 0. The summed E-state index contributed by atoms with van der Waals surface area (Å²) in [6, 6.07) is 13.6. The van der Waals surface area contributed by atoms with E-state index in [4.69, 9.17) is 4.74 Å². The molecule has 2 aromatic rings. The molecule has 1 aliphatic heterocycles. The second-order valence-electron chi connectivity index (χ2n) is 5.50. The lowest BCUT2D eigenvalue weighted by atomic mass is 9.92. The van der Waals surface area contributed by atoms with Gasteiger partial charge in [0.05, 0.1) is 0 Å². The molecule has 110 valence electrons. The van der Waals surface area contributed by atoms with Gasteiger partial charge in [-0.05, 0) is 42.8 Å². The molecule has 0 spiro atoms. The van der Waals surface area contributed by atoms with Gasteiger partial charge in [0.1, 0.15) is 17.7 Å². The van der Waals surface area contributed by atoms with Gasteiger partial charge in [0.15, 0.2) is 0 Å². The lowest BCUT2D eigenvalue weighted by Crippen LogP contribution is -2.29. The minimum Gasteiger partial charge on any atom is -0.485 e. The van der Waals surface area contributed by atoms with E-state index in [-0.39, 0.29) is 18.0 Å². The average molecular weight is 285 g/mol. The Labute approximate surface area is 125 Å². The van der Waals surface area contributed by atoms with Crippen LogP contribution in [0, 0.1) is 12.7 Å². The summed E-state index contributed by atoms with van der Waals surface area (Å²) in [7, 11) is 0. The highest BCUT2D eigenvalue weighted by atomic mass is 19.1. The number of nitrogens with one attached hydrogen (secondary N) is 1. The normalized spacial score (nSPS) is 20.7. The van der Waals surface area contributed by atoms with Crippen LogP contribution < -0.4 is 10.1 Å². The monoisotopic (exact) mass is 285 g/mol. The van der Waals surface area contributed by atoms with E-state index in [2.05, 4.69) is 18.3 Å². The van der Waals surface area contributed by atoms with Gasteiger partial charge in [-0.25, -0.2) is 4.39 Å². The predicted octanol–water partition coefficient (Wildman–Crippen LogP) is 4.31. The Morgan fingerprint density at radius 3 is 2.81 bits per heavy atom. The Kier molecular flexibility index (Phi) is 3.93. The molecule has 0 aromatic heterocycles. The maximum atomic E-state index is 13.4. The Bertz CT molecular complexity index is 641. The number of para-hydroxylation sites is 1. The number of benzene rings is 2. The number of fused-ring (bicyclic) bond motifs is 1. The van der Waals surface area contributed by atoms with Crippen LogP contribution in [0.4, 0.5) is 4.39 Å². The van der Waals surface area contributed by atoms with E-state index in [1.165, 1.54) is 11.6 Å². The first kappa shape index (κ1) is 14.1. The first-order chi connectivity index (χ1) is 10.2. The zero-order chi connectivity index (χ0) is 14.8. The Morgan fingerprint density at radius 2 is 2.05 bits per heavy atom. The Morgan fingerprint density at radius 1 is 1.24 bits per heavy atom. The summed E-state index contributed by atoms with van der Waals surface area (Å²) in [6.45, 7) is 4.81. The van der Waals surface area contributed by atoms with Gasteiger partial charge in [-0.1, -0.05) is 31.2 Å². The molecule has 2 aromatic carbocycles. The van der Waals surface area contributed by atoms with Gasteiger partial charge in [0.25, 0.3) is 0 Å². The SMILES string of the molecule is CCNC1CC(c2ccc(F)c(C)c2)Oc2ccccc21. The third-order valence-electron chi connectivity index (χ3n) is 4.02. The second kappa shape index (κ2) is 5.86. The number of rotatable bonds is 3. The Balaban J connectivity index is 1.93. The van der Waals surface area contributed by atoms with E-state index in [0.29, 0.717) is 5.56 Å². The van der Waals surface area contributed by atoms with Crippen molar-refractivity contribution in [3.63, 3.8) is 0 Å². The van der Waals surface area contributed by atoms with E-state index >= 15 is 0 Å². The van der Waals surface area contributed by atoms with Gasteiger partial charge in [0.2, 0.25) is 0 Å². The van der Waals surface area contributed by atoms with Crippen LogP contribution in [0.5, 0.6) is 5.75 Å². The maximum Gasteiger partial charge on any atom is 0.126 e. The summed E-state index contributed by atoms with van der Waals surface area (Å²) in [5.41, 5.74) is 2.90. The van der Waals surface area contributed by atoms with Crippen molar-refractivity contribution in [3.05, 3.63) is 65.0 Å². The molecule has 0 bridgehead atoms. The van der Waals surface area contributed by atoms with Crippen LogP contribution in [-0.4, -0.2) is 6.54 Å². The fourth-order valence-corrected chi connectivity index (χ4v) is 2.93. The molecule has 2 unspecified atom stereocenters. The van der Waals surface area contributed by atoms with Crippen molar-refractivity contribution in [2.45, 2.75) is 32.4 Å². The molecule has 1 aliphatic rings. The molecule has 2 atom stereocenters. The summed E-state index contributed by atoms with van der Waals surface area (Å²) in [6.07, 6.45) is 0.818. The van der Waals surface area contributed by atoms with Crippen molar-refractivity contribution in [2.24, 2.45) is 0 Å². The van der Waals surface area contributed by atoms with Gasteiger partial charge in [-0.2, -0.15) is 0 Å². The first-order valence-electron chi connectivity index (χ1n) is 7.44. The summed E-state index contributed by atoms with van der Waals surface area (Å²) in [5, 5.41) is 3.51. The fourth-order valence-electron chi connectivity index (χ4n) is 2.93. The van der Waals surface area contributed by atoms with Crippen molar-refractivity contribution in [1.82, 2.24) is 5.32 Å². The van der Waals surface area contributed by atoms with Crippen molar-refractivity contribution in [1.29, 1.82) is 0 Å². The molecular formula is C18H20FNO. The summed E-state index contributed by atoms with van der Waals surface area (Å²) >= 11 is 0. The van der Waals surface area contributed by atoms with Crippen molar-refractivity contribution in [2.75, 3.05) is 6.54 Å². The minimum atomic E-state index is -0.168. The molecule has 1 N–H and O–H groups in total. The average Bonchev–Trinajstić information content (AvgIpc) is 2.50. The Hall–Kier alpha value is -1.87. The van der Waals surface area contributed by atoms with Crippen LogP contribution in [0.3, 0.4) is 0 Å². The van der Waals surface area contributed by atoms with Crippen LogP contribution in [0.2, 0.25) is 0 Å². The number of hydrogen-bond donors (Lipinski definition) is 1. The van der Waals surface area contributed by atoms with Gasteiger partial charge in [0, 0.05) is 18.0 Å². The summed E-state index contributed by atoms with van der Waals surface area (Å²) < 4.78 is 19.6. The van der Waals surface area contributed by atoms with Crippen LogP contribution in [0.1, 0.15) is 42.2 Å². The molecule has 21 heavy (non-hydrogen) atoms. The van der Waals surface area contributed by atoms with Crippen LogP contribution in [0.15, 0.2) is 42.5 Å². The summed E-state index contributed by atoms with van der Waals surface area (Å²) in [5.74, 6) is 0.750. The number of aryl methyl sites for hydroxylation is 1. The third-order valence-corrected chi connectivity index (χ3v) is 4.02. The largest absolute Gasteiger partial charge is 0.485 e. The number of hydrogen-bond acceptors (Lipinski definition) is 2. The van der Waals surface area contributed by atoms with Gasteiger partial charge < -0.3 is 10.1 Å². The smallest absolute Gasteiger partial charge is 0.126 e. The van der Waals surface area contributed by atoms with Crippen molar-refractivity contribution < 1.29 is 9.13 Å². The molecule has 0 saturated heterocycles. The zero-order valence-electron chi connectivity index (χ0n) is 12.4. The predicted molar refractivity (Wildman–Crippen MR) is 82.0 cm³/mol. The molecule has 0 aliphatic carbocycles. The molecular weight excluding hydrogens is 265 g/mol. The fraction of sp³-hybridized carbons (Fsp3) is 0.333. The minimum absolute atomic E-state index is 0.0387. The third kappa shape index (κ3) is 2.79. The van der Waals surface area contributed by atoms with Gasteiger partial charge in [-0.3, -0.25) is 0 Å². The topological polar surface area (TPSA) is 21.3 Å². The first-order valence-corrected chi connectivity index (χ1v) is 7.44. The van der Waals surface area contributed by atoms with Crippen LogP contribution >= 0.6 is 0 Å². The van der Waals surface area contributed by atoms with Crippen molar-refractivity contribution in [3.8, 4) is 5.75 Å². The van der Waals surface area contributed by atoms with E-state index in [0.717, 1.165) is 24.3 Å². The van der Waals surface area contributed by atoms with E-state index in [1.807, 2.05) is 30.3 Å². The lowest BCUT2D eigenvalue weighted by molar-refractivity contribution is 0.152. The number of halogens is 1. The van der Waals surface area contributed by atoms with Crippen LogP contribution in [0.25, 0.3) is 0 Å². The van der Waals surface area contributed by atoms with E-state index < -0.39 is 0 Å². The van der Waals surface area contributed by atoms with Crippen molar-refractivity contribution >= 4 is 0 Å². The molecule has 0 radical (unpaired) electrons. The highest BCUT2D eigenvalue weighted by Crippen LogP contribution is 2.40. The van der Waals surface area contributed by atoms with Gasteiger partial charge in [-0.15, -0.1) is 0 Å². The van der Waals surface area contributed by atoms with Crippen LogP contribution in [-0.2, 0) is 0 Å². The molecule has 0 saturated carbocycles. The molecule has 0 amide bonds. The highest BCUT2D eigenvalue weighted by Gasteiger charge is 2.28. The maximum absolute atomic E-state index is 13.4.